The second kappa shape index (κ2) is 5.49. The first-order valence-corrected chi connectivity index (χ1v) is 6.75. The molecular weight excluding hydrogens is 252 g/mol. The quantitative estimate of drug-likeness (QED) is 0.895. The molecule has 1 aromatic heterocycles. The largest absolute Gasteiger partial charge is 0.450 e. The molecule has 0 aliphatic carbocycles. The fraction of sp³-hybridized carbons (Fsp3) is 0.375. The third-order valence-electron chi connectivity index (χ3n) is 3.06. The summed E-state index contributed by atoms with van der Waals surface area (Å²) >= 11 is 0. The van der Waals surface area contributed by atoms with E-state index in [2.05, 4.69) is 43.2 Å². The molecular formula is C16H20N2O2. The lowest BCUT2D eigenvalue weighted by Gasteiger charge is -2.19. The van der Waals surface area contributed by atoms with E-state index < -0.39 is 6.09 Å². The Kier molecular flexibility index (Phi) is 3.93. The van der Waals surface area contributed by atoms with Crippen molar-refractivity contribution in [2.24, 2.45) is 0 Å². The second-order valence-corrected chi connectivity index (χ2v) is 5.70. The molecule has 1 heterocycles. The molecule has 20 heavy (non-hydrogen) atoms. The molecule has 0 bridgehead atoms. The summed E-state index contributed by atoms with van der Waals surface area (Å²) in [5.41, 5.74) is 2.22. The molecule has 0 spiro atoms. The van der Waals surface area contributed by atoms with Crippen LogP contribution in [-0.2, 0) is 10.2 Å². The molecule has 2 aromatic rings. The van der Waals surface area contributed by atoms with Crippen molar-refractivity contribution in [2.75, 3.05) is 11.9 Å². The summed E-state index contributed by atoms with van der Waals surface area (Å²) in [5, 5.41) is 3.67. The van der Waals surface area contributed by atoms with Crippen LogP contribution in [-0.4, -0.2) is 17.7 Å². The summed E-state index contributed by atoms with van der Waals surface area (Å²) in [5.74, 6) is 0.499. The highest BCUT2D eigenvalue weighted by atomic mass is 16.5. The average molecular weight is 272 g/mol. The fourth-order valence-electron chi connectivity index (χ4n) is 1.93. The number of hydrogen-bond donors (Lipinski definition) is 1. The van der Waals surface area contributed by atoms with Crippen LogP contribution in [0, 0.1) is 0 Å². The number of hydrogen-bond acceptors (Lipinski definition) is 3. The van der Waals surface area contributed by atoms with Crippen molar-refractivity contribution in [3.63, 3.8) is 0 Å². The third-order valence-corrected chi connectivity index (χ3v) is 3.06. The maximum absolute atomic E-state index is 11.4. The second-order valence-electron chi connectivity index (χ2n) is 5.70. The van der Waals surface area contributed by atoms with Gasteiger partial charge in [-0.1, -0.05) is 26.8 Å². The Labute approximate surface area is 119 Å². The van der Waals surface area contributed by atoms with Crippen LogP contribution in [0.3, 0.4) is 0 Å². The monoisotopic (exact) mass is 272 g/mol. The molecule has 2 rings (SSSR count). The van der Waals surface area contributed by atoms with Gasteiger partial charge in [0.15, 0.2) is 0 Å². The molecule has 1 amide bonds. The van der Waals surface area contributed by atoms with Crippen LogP contribution in [0.15, 0.2) is 30.3 Å². The molecule has 0 aliphatic heterocycles. The number of ether oxygens (including phenoxy) is 1. The average Bonchev–Trinajstić information content (AvgIpc) is 2.37. The zero-order valence-corrected chi connectivity index (χ0v) is 12.4. The number of nitrogens with one attached hydrogen (secondary N) is 1. The number of pyridine rings is 1. The molecule has 0 unspecified atom stereocenters. The van der Waals surface area contributed by atoms with Gasteiger partial charge in [-0.15, -0.1) is 0 Å². The van der Waals surface area contributed by atoms with Gasteiger partial charge < -0.3 is 4.74 Å². The molecule has 0 radical (unpaired) electrons. The lowest BCUT2D eigenvalue weighted by molar-refractivity contribution is 0.168. The smallest absolute Gasteiger partial charge is 0.412 e. The van der Waals surface area contributed by atoms with Crippen LogP contribution < -0.4 is 5.32 Å². The van der Waals surface area contributed by atoms with Crippen molar-refractivity contribution in [1.82, 2.24) is 4.98 Å². The molecule has 0 aliphatic rings. The van der Waals surface area contributed by atoms with Gasteiger partial charge in [-0.3, -0.25) is 5.32 Å². The van der Waals surface area contributed by atoms with E-state index in [1.807, 2.05) is 12.1 Å². The highest BCUT2D eigenvalue weighted by Crippen LogP contribution is 2.26. The Morgan fingerprint density at radius 1 is 1.25 bits per heavy atom. The Bertz CT molecular complexity index is 630. The molecule has 0 saturated carbocycles. The molecule has 0 saturated heterocycles. The van der Waals surface area contributed by atoms with E-state index in [0.29, 0.717) is 12.4 Å². The number of amides is 1. The highest BCUT2D eigenvalue weighted by molar-refractivity contribution is 5.87. The SMILES string of the molecule is CCOC(=O)Nc1ccc2cc(C(C)(C)C)ccc2n1. The van der Waals surface area contributed by atoms with E-state index in [1.165, 1.54) is 5.56 Å². The Balaban J connectivity index is 2.30. The molecule has 4 nitrogen and oxygen atoms in total. The number of carbonyl (C=O) groups excluding carboxylic acids is 1. The van der Waals surface area contributed by atoms with Crippen LogP contribution in [0.1, 0.15) is 33.3 Å². The summed E-state index contributed by atoms with van der Waals surface area (Å²) in [6, 6.07) is 9.93. The molecule has 4 heteroatoms. The van der Waals surface area contributed by atoms with E-state index in [1.54, 1.807) is 13.0 Å². The number of rotatable bonds is 2. The lowest BCUT2D eigenvalue weighted by Crippen LogP contribution is -2.14. The minimum atomic E-state index is -0.481. The summed E-state index contributed by atoms with van der Waals surface area (Å²) in [6.07, 6.45) is -0.481. The topological polar surface area (TPSA) is 51.2 Å². The van der Waals surface area contributed by atoms with Gasteiger partial charge in [-0.05, 0) is 42.2 Å². The molecule has 106 valence electrons. The summed E-state index contributed by atoms with van der Waals surface area (Å²) < 4.78 is 4.83. The molecule has 1 N–H and O–H groups in total. The van der Waals surface area contributed by atoms with Crippen LogP contribution in [0.25, 0.3) is 10.9 Å². The van der Waals surface area contributed by atoms with Crippen LogP contribution in [0.5, 0.6) is 0 Å². The van der Waals surface area contributed by atoms with Gasteiger partial charge >= 0.3 is 6.09 Å². The third kappa shape index (κ3) is 3.26. The fourth-order valence-corrected chi connectivity index (χ4v) is 1.93. The predicted octanol–water partition coefficient (Wildman–Crippen LogP) is 4.10. The van der Waals surface area contributed by atoms with Crippen molar-refractivity contribution in [3.8, 4) is 0 Å². The van der Waals surface area contributed by atoms with Gasteiger partial charge in [-0.2, -0.15) is 0 Å². The van der Waals surface area contributed by atoms with Crippen molar-refractivity contribution in [2.45, 2.75) is 33.1 Å². The van der Waals surface area contributed by atoms with E-state index >= 15 is 0 Å². The van der Waals surface area contributed by atoms with Gasteiger partial charge in [0, 0.05) is 5.39 Å². The Morgan fingerprint density at radius 2 is 2.00 bits per heavy atom. The predicted molar refractivity (Wildman–Crippen MR) is 81.1 cm³/mol. The van der Waals surface area contributed by atoms with Crippen LogP contribution in [0.2, 0.25) is 0 Å². The van der Waals surface area contributed by atoms with E-state index in [4.69, 9.17) is 4.74 Å². The first-order chi connectivity index (χ1) is 9.40. The molecule has 0 fully saturated rings. The van der Waals surface area contributed by atoms with Gasteiger partial charge in [0.25, 0.3) is 0 Å². The van der Waals surface area contributed by atoms with E-state index in [-0.39, 0.29) is 5.41 Å². The minimum Gasteiger partial charge on any atom is -0.450 e. The lowest BCUT2D eigenvalue weighted by atomic mass is 9.86. The number of benzene rings is 1. The van der Waals surface area contributed by atoms with Gasteiger partial charge in [0.05, 0.1) is 12.1 Å². The normalized spacial score (nSPS) is 11.4. The van der Waals surface area contributed by atoms with Gasteiger partial charge in [-0.25, -0.2) is 9.78 Å². The standard InChI is InChI=1S/C16H20N2O2/c1-5-20-15(19)18-14-9-6-11-10-12(16(2,3)4)7-8-13(11)17-14/h6-10H,5H2,1-4H3,(H,17,18,19). The summed E-state index contributed by atoms with van der Waals surface area (Å²) in [4.78, 5) is 15.8. The number of carbonyl (C=O) groups is 1. The number of nitrogens with zero attached hydrogens (tertiary/aromatic N) is 1. The van der Waals surface area contributed by atoms with Crippen LogP contribution >= 0.6 is 0 Å². The highest BCUT2D eigenvalue weighted by Gasteiger charge is 2.14. The zero-order valence-electron chi connectivity index (χ0n) is 12.4. The maximum atomic E-state index is 11.4. The summed E-state index contributed by atoms with van der Waals surface area (Å²) in [6.45, 7) is 8.64. The molecule has 0 atom stereocenters. The number of anilines is 1. The van der Waals surface area contributed by atoms with Crippen molar-refractivity contribution in [1.29, 1.82) is 0 Å². The van der Waals surface area contributed by atoms with Crippen molar-refractivity contribution < 1.29 is 9.53 Å². The van der Waals surface area contributed by atoms with E-state index in [0.717, 1.165) is 10.9 Å². The molecule has 1 aromatic carbocycles. The van der Waals surface area contributed by atoms with Crippen molar-refractivity contribution >= 4 is 22.8 Å². The van der Waals surface area contributed by atoms with Crippen LogP contribution in [0.4, 0.5) is 10.6 Å². The number of aromatic nitrogens is 1. The van der Waals surface area contributed by atoms with Crippen molar-refractivity contribution in [3.05, 3.63) is 35.9 Å². The van der Waals surface area contributed by atoms with Gasteiger partial charge in [0.2, 0.25) is 0 Å². The van der Waals surface area contributed by atoms with Gasteiger partial charge in [0.1, 0.15) is 5.82 Å². The number of fused-ring (bicyclic) bond motifs is 1. The Hall–Kier alpha value is -2.10. The zero-order chi connectivity index (χ0) is 14.8. The first-order valence-electron chi connectivity index (χ1n) is 6.75. The Morgan fingerprint density at radius 3 is 2.65 bits per heavy atom. The summed E-state index contributed by atoms with van der Waals surface area (Å²) in [7, 11) is 0. The first kappa shape index (κ1) is 14.3. The minimum absolute atomic E-state index is 0.107. The maximum Gasteiger partial charge on any atom is 0.412 e. The van der Waals surface area contributed by atoms with E-state index in [9.17, 15) is 4.79 Å².